The van der Waals surface area contributed by atoms with E-state index in [1.54, 1.807) is 59.1 Å². The van der Waals surface area contributed by atoms with E-state index in [0.29, 0.717) is 10.6 Å². The zero-order chi connectivity index (χ0) is 21.1. The van der Waals surface area contributed by atoms with Gasteiger partial charge in [-0.2, -0.15) is 0 Å². The van der Waals surface area contributed by atoms with Crippen molar-refractivity contribution in [1.29, 1.82) is 0 Å². The minimum absolute atomic E-state index is 0.159. The second-order valence-corrected chi connectivity index (χ2v) is 9.79. The molecule has 28 heavy (non-hydrogen) atoms. The number of nitrogens with zero attached hydrogens (tertiary/aromatic N) is 1. The van der Waals surface area contributed by atoms with Gasteiger partial charge in [-0.15, -0.1) is 0 Å². The normalized spacial score (nSPS) is 11.9. The smallest absolute Gasteiger partial charge is 0.291 e. The molecule has 10 heteroatoms. The van der Waals surface area contributed by atoms with Crippen LogP contribution in [0.25, 0.3) is 0 Å². The van der Waals surface area contributed by atoms with E-state index in [9.17, 15) is 18.0 Å². The summed E-state index contributed by atoms with van der Waals surface area (Å²) in [5.41, 5.74) is -0.273. The van der Waals surface area contributed by atoms with Crippen molar-refractivity contribution in [1.82, 2.24) is 9.62 Å². The highest BCUT2D eigenvalue weighted by molar-refractivity contribution is 8.13. The van der Waals surface area contributed by atoms with Crippen molar-refractivity contribution < 1.29 is 22.4 Å². The summed E-state index contributed by atoms with van der Waals surface area (Å²) < 4.78 is 32.3. The number of nitrogens with one attached hydrogen (secondary N) is 2. The van der Waals surface area contributed by atoms with E-state index in [4.69, 9.17) is 4.42 Å². The summed E-state index contributed by atoms with van der Waals surface area (Å²) in [4.78, 5) is 26.4. The molecule has 0 aliphatic rings. The van der Waals surface area contributed by atoms with Crippen LogP contribution in [0.5, 0.6) is 0 Å². The predicted molar refractivity (Wildman–Crippen MR) is 108 cm³/mol. The summed E-state index contributed by atoms with van der Waals surface area (Å²) in [6.07, 6.45) is 0. The van der Waals surface area contributed by atoms with Crippen LogP contribution in [0.2, 0.25) is 0 Å². The molecule has 0 aliphatic carbocycles. The van der Waals surface area contributed by atoms with Crippen molar-refractivity contribution in [3.8, 4) is 0 Å². The maximum absolute atomic E-state index is 12.5. The van der Waals surface area contributed by atoms with Crippen molar-refractivity contribution in [2.24, 2.45) is 0 Å². The summed E-state index contributed by atoms with van der Waals surface area (Å²) in [5, 5.41) is 2.10. The fraction of sp³-hybridized carbons (Fsp3) is 0.333. The van der Waals surface area contributed by atoms with E-state index >= 15 is 0 Å². The first-order valence-electron chi connectivity index (χ1n) is 8.32. The van der Waals surface area contributed by atoms with Crippen LogP contribution >= 0.6 is 11.8 Å². The fourth-order valence-electron chi connectivity index (χ4n) is 2.07. The van der Waals surface area contributed by atoms with Gasteiger partial charge in [-0.1, -0.05) is 12.1 Å². The van der Waals surface area contributed by atoms with Crippen LogP contribution in [0.1, 0.15) is 31.3 Å². The monoisotopic (exact) mass is 425 g/mol. The number of carbonyl (C=O) groups is 2. The third-order valence-electron chi connectivity index (χ3n) is 3.21. The van der Waals surface area contributed by atoms with Crippen LogP contribution in [0.4, 0.5) is 10.5 Å². The number of sulfonamides is 1. The zero-order valence-electron chi connectivity index (χ0n) is 16.3. The minimum Gasteiger partial charge on any atom is -0.438 e. The number of rotatable bonds is 5. The molecule has 0 bridgehead atoms. The topological polar surface area (TPSA) is 109 Å². The number of carbonyl (C=O) groups excluding carboxylic acids is 2. The van der Waals surface area contributed by atoms with Crippen molar-refractivity contribution in [3.05, 3.63) is 42.2 Å². The SMILES string of the molecule is CN(C)C(=O)Sc1ccccc1NC(=O)c1ccc(S(=O)(=O)NC(C)(C)C)o1. The summed E-state index contributed by atoms with van der Waals surface area (Å²) >= 11 is 0.967. The molecule has 0 unspecified atom stereocenters. The Balaban J connectivity index is 2.19. The summed E-state index contributed by atoms with van der Waals surface area (Å²) in [6.45, 7) is 5.10. The molecule has 2 rings (SSSR count). The predicted octanol–water partition coefficient (Wildman–Crippen LogP) is 3.38. The van der Waals surface area contributed by atoms with E-state index in [1.165, 1.54) is 17.0 Å². The van der Waals surface area contributed by atoms with Crippen LogP contribution in [-0.2, 0) is 10.0 Å². The largest absolute Gasteiger partial charge is 0.438 e. The maximum Gasteiger partial charge on any atom is 0.291 e. The molecule has 8 nitrogen and oxygen atoms in total. The van der Waals surface area contributed by atoms with Crippen LogP contribution < -0.4 is 10.0 Å². The number of para-hydroxylation sites is 1. The molecule has 0 saturated heterocycles. The Morgan fingerprint density at radius 1 is 1.07 bits per heavy atom. The highest BCUT2D eigenvalue weighted by Crippen LogP contribution is 2.29. The van der Waals surface area contributed by atoms with Gasteiger partial charge in [0.15, 0.2) is 5.76 Å². The Labute approximate surface area is 168 Å². The standard InChI is InChI=1S/C18H23N3O5S2/c1-18(2,3)20-28(24,25)15-11-10-13(26-15)16(22)19-12-8-6-7-9-14(12)27-17(23)21(4)5/h6-11,20H,1-5H3,(H,19,22). The van der Waals surface area contributed by atoms with Gasteiger partial charge >= 0.3 is 0 Å². The molecule has 1 aromatic heterocycles. The fourth-order valence-corrected chi connectivity index (χ4v) is 4.17. The number of benzene rings is 1. The van der Waals surface area contributed by atoms with Crippen molar-refractivity contribution >= 4 is 38.6 Å². The van der Waals surface area contributed by atoms with Crippen molar-refractivity contribution in [2.45, 2.75) is 36.3 Å². The van der Waals surface area contributed by atoms with Gasteiger partial charge in [-0.3, -0.25) is 9.59 Å². The van der Waals surface area contributed by atoms with Gasteiger partial charge in [-0.25, -0.2) is 13.1 Å². The van der Waals surface area contributed by atoms with Gasteiger partial charge < -0.3 is 14.6 Å². The molecule has 1 aromatic carbocycles. The number of anilines is 1. The first kappa shape index (κ1) is 22.0. The van der Waals surface area contributed by atoms with Gasteiger partial charge in [0.25, 0.3) is 21.2 Å². The highest BCUT2D eigenvalue weighted by Gasteiger charge is 2.26. The molecule has 2 amide bonds. The third-order valence-corrected chi connectivity index (χ3v) is 5.95. The number of hydrogen-bond acceptors (Lipinski definition) is 6. The van der Waals surface area contributed by atoms with Crippen LogP contribution in [0.15, 0.2) is 50.8 Å². The van der Waals surface area contributed by atoms with E-state index in [-0.39, 0.29) is 16.1 Å². The van der Waals surface area contributed by atoms with Gasteiger partial charge in [0.05, 0.1) is 5.69 Å². The van der Waals surface area contributed by atoms with E-state index in [1.807, 2.05) is 0 Å². The number of hydrogen-bond donors (Lipinski definition) is 2. The maximum atomic E-state index is 12.5. The Hall–Kier alpha value is -2.30. The molecule has 2 aromatic rings. The molecule has 2 N–H and O–H groups in total. The van der Waals surface area contributed by atoms with Crippen molar-refractivity contribution in [2.75, 3.05) is 19.4 Å². The zero-order valence-corrected chi connectivity index (χ0v) is 17.9. The number of thioether (sulfide) groups is 1. The Morgan fingerprint density at radius 3 is 2.32 bits per heavy atom. The summed E-state index contributed by atoms with van der Waals surface area (Å²) in [6, 6.07) is 9.31. The highest BCUT2D eigenvalue weighted by atomic mass is 32.2. The lowest BCUT2D eigenvalue weighted by Gasteiger charge is -2.19. The van der Waals surface area contributed by atoms with E-state index < -0.39 is 21.5 Å². The molecule has 0 aliphatic heterocycles. The van der Waals surface area contributed by atoms with Gasteiger partial charge in [-0.05, 0) is 56.8 Å². The average Bonchev–Trinajstić information content (AvgIpc) is 3.05. The average molecular weight is 426 g/mol. The first-order chi connectivity index (χ1) is 12.9. The van der Waals surface area contributed by atoms with Crippen molar-refractivity contribution in [3.63, 3.8) is 0 Å². The van der Waals surface area contributed by atoms with Crippen LogP contribution in [-0.4, -0.2) is 44.1 Å². The second kappa shape index (κ2) is 8.38. The molecule has 0 atom stereocenters. The second-order valence-electron chi connectivity index (χ2n) is 7.19. The van der Waals surface area contributed by atoms with Gasteiger partial charge in [0.1, 0.15) is 0 Å². The molecule has 1 heterocycles. The molecule has 0 fully saturated rings. The van der Waals surface area contributed by atoms with E-state index in [2.05, 4.69) is 10.0 Å². The Kier molecular flexibility index (Phi) is 6.58. The molecule has 0 spiro atoms. The molecular formula is C18H23N3O5S2. The van der Waals surface area contributed by atoms with Crippen LogP contribution in [0, 0.1) is 0 Å². The summed E-state index contributed by atoms with van der Waals surface area (Å²) in [7, 11) is -0.624. The minimum atomic E-state index is -3.89. The molecule has 152 valence electrons. The first-order valence-corrected chi connectivity index (χ1v) is 10.6. The quantitative estimate of drug-likeness (QED) is 0.711. The number of furan rings is 1. The molecular weight excluding hydrogens is 402 g/mol. The molecule has 0 radical (unpaired) electrons. The summed E-state index contributed by atoms with van der Waals surface area (Å²) in [5.74, 6) is -0.782. The lowest BCUT2D eigenvalue weighted by atomic mass is 10.1. The van der Waals surface area contributed by atoms with Gasteiger partial charge in [0.2, 0.25) is 5.09 Å². The molecule has 0 saturated carbocycles. The Morgan fingerprint density at radius 2 is 1.71 bits per heavy atom. The Bertz CT molecular complexity index is 975. The number of amides is 2. The lowest BCUT2D eigenvalue weighted by molar-refractivity contribution is 0.0991. The van der Waals surface area contributed by atoms with Crippen LogP contribution in [0.3, 0.4) is 0 Å². The van der Waals surface area contributed by atoms with E-state index in [0.717, 1.165) is 11.8 Å². The van der Waals surface area contributed by atoms with Gasteiger partial charge in [0, 0.05) is 24.5 Å². The lowest BCUT2D eigenvalue weighted by Crippen LogP contribution is -2.40. The third kappa shape index (κ3) is 5.85.